The smallest absolute Gasteiger partial charge is 0.267 e. The van der Waals surface area contributed by atoms with Gasteiger partial charge in [-0.3, -0.25) is 14.5 Å². The van der Waals surface area contributed by atoms with E-state index < -0.39 is 11.8 Å². The van der Waals surface area contributed by atoms with Crippen LogP contribution < -0.4 is 15.4 Å². The Kier molecular flexibility index (Phi) is 10.4. The first-order valence-corrected chi connectivity index (χ1v) is 14.1. The number of aromatic nitrogens is 1. The molecule has 0 aliphatic carbocycles. The quantitative estimate of drug-likeness (QED) is 0.297. The highest BCUT2D eigenvalue weighted by molar-refractivity contribution is 7.13. The van der Waals surface area contributed by atoms with Crippen LogP contribution in [0.2, 0.25) is 15.1 Å². The summed E-state index contributed by atoms with van der Waals surface area (Å²) in [5.41, 5.74) is 1.12. The molecule has 9 nitrogen and oxygen atoms in total. The number of likely N-dealkylation sites (N-methyl/N-ethyl adjacent to an activating group) is 1. The molecule has 0 radical (unpaired) electrons. The number of hydrogen-bond donors (Lipinski definition) is 2. The molecule has 208 valence electrons. The van der Waals surface area contributed by atoms with Gasteiger partial charge in [0, 0.05) is 57.1 Å². The lowest BCUT2D eigenvalue weighted by molar-refractivity contribution is 0.102. The molecule has 0 spiro atoms. The molecule has 2 amide bonds. The number of pyridine rings is 1. The predicted octanol–water partition coefficient (Wildman–Crippen LogP) is 5.38. The monoisotopic (exact) mass is 611 g/mol. The third kappa shape index (κ3) is 7.82. The van der Waals surface area contributed by atoms with Gasteiger partial charge in [0.15, 0.2) is 0 Å². The molecule has 0 bridgehead atoms. The van der Waals surface area contributed by atoms with Crippen molar-refractivity contribution >= 4 is 69.5 Å². The number of ether oxygens (including phenoxy) is 2. The van der Waals surface area contributed by atoms with Gasteiger partial charge in [0.2, 0.25) is 0 Å². The third-order valence-electron chi connectivity index (χ3n) is 6.06. The number of nitrogens with one attached hydrogen (secondary N) is 2. The SMILES string of the molecule is COCCOc1cc(Cl)cc(C(=O)Nc2ccc(Cl)cn2)c1NC(=O)c1scc(CN2CCN(C)CC2)c1Cl. The average Bonchev–Trinajstić information content (AvgIpc) is 3.27. The molecule has 0 unspecified atom stereocenters. The number of thiophene rings is 1. The van der Waals surface area contributed by atoms with Crippen molar-refractivity contribution in [3.63, 3.8) is 0 Å². The summed E-state index contributed by atoms with van der Waals surface area (Å²) in [4.78, 5) is 35.7. The summed E-state index contributed by atoms with van der Waals surface area (Å²) in [6.45, 7) is 4.94. The first-order valence-electron chi connectivity index (χ1n) is 12.1. The van der Waals surface area contributed by atoms with Crippen LogP contribution in [-0.4, -0.2) is 80.1 Å². The zero-order valence-electron chi connectivity index (χ0n) is 21.4. The fourth-order valence-electron chi connectivity index (χ4n) is 3.93. The van der Waals surface area contributed by atoms with Crippen LogP contribution in [0.4, 0.5) is 11.5 Å². The number of carbonyl (C=O) groups is 2. The Bertz CT molecular complexity index is 1310. The van der Waals surface area contributed by atoms with E-state index in [1.54, 1.807) is 19.2 Å². The Morgan fingerprint density at radius 1 is 1.03 bits per heavy atom. The van der Waals surface area contributed by atoms with E-state index in [-0.39, 0.29) is 34.4 Å². The largest absolute Gasteiger partial charge is 0.489 e. The van der Waals surface area contributed by atoms with Gasteiger partial charge >= 0.3 is 0 Å². The number of methoxy groups -OCH3 is 1. The molecule has 39 heavy (non-hydrogen) atoms. The van der Waals surface area contributed by atoms with Crippen LogP contribution in [0, 0.1) is 0 Å². The topological polar surface area (TPSA) is 96.0 Å². The van der Waals surface area contributed by atoms with Crippen LogP contribution in [0.25, 0.3) is 0 Å². The highest BCUT2D eigenvalue weighted by Gasteiger charge is 2.25. The van der Waals surface area contributed by atoms with Crippen molar-refractivity contribution in [1.29, 1.82) is 0 Å². The highest BCUT2D eigenvalue weighted by atomic mass is 35.5. The molecule has 1 aliphatic rings. The summed E-state index contributed by atoms with van der Waals surface area (Å²) < 4.78 is 10.9. The van der Waals surface area contributed by atoms with Gasteiger partial charge in [-0.1, -0.05) is 34.8 Å². The lowest BCUT2D eigenvalue weighted by Crippen LogP contribution is -2.43. The van der Waals surface area contributed by atoms with Crippen LogP contribution in [0.3, 0.4) is 0 Å². The first kappa shape index (κ1) is 29.5. The summed E-state index contributed by atoms with van der Waals surface area (Å²) in [7, 11) is 3.64. The molecule has 1 aliphatic heterocycles. The minimum atomic E-state index is -0.549. The molecule has 0 saturated carbocycles. The molecule has 3 aromatic rings. The van der Waals surface area contributed by atoms with Gasteiger partial charge in [-0.15, -0.1) is 11.3 Å². The van der Waals surface area contributed by atoms with Crippen LogP contribution in [0.5, 0.6) is 5.75 Å². The summed E-state index contributed by atoms with van der Waals surface area (Å²) in [6.07, 6.45) is 1.41. The van der Waals surface area contributed by atoms with Gasteiger partial charge in [0.1, 0.15) is 23.1 Å². The van der Waals surface area contributed by atoms with Gasteiger partial charge in [-0.2, -0.15) is 0 Å². The van der Waals surface area contributed by atoms with E-state index in [0.717, 1.165) is 31.7 Å². The van der Waals surface area contributed by atoms with E-state index >= 15 is 0 Å². The number of benzene rings is 1. The fourth-order valence-corrected chi connectivity index (χ4v) is 5.49. The summed E-state index contributed by atoms with van der Waals surface area (Å²) >= 11 is 20.1. The minimum absolute atomic E-state index is 0.0883. The second kappa shape index (κ2) is 13.8. The number of halogens is 3. The maximum absolute atomic E-state index is 13.4. The second-order valence-electron chi connectivity index (χ2n) is 8.92. The van der Waals surface area contributed by atoms with Crippen LogP contribution in [0.1, 0.15) is 25.6 Å². The highest BCUT2D eigenvalue weighted by Crippen LogP contribution is 2.36. The van der Waals surface area contributed by atoms with Crippen LogP contribution in [0.15, 0.2) is 35.8 Å². The van der Waals surface area contributed by atoms with Crippen molar-refractivity contribution < 1.29 is 19.1 Å². The van der Waals surface area contributed by atoms with Crippen LogP contribution in [-0.2, 0) is 11.3 Å². The molecule has 2 N–H and O–H groups in total. The standard InChI is InChI=1S/C26H28Cl3N5O4S/c1-33-5-7-34(8-6-33)14-16-15-39-24(22(16)29)26(36)32-23-19(11-18(28)12-20(23)38-10-9-37-2)25(35)31-21-4-3-17(27)13-30-21/h3-4,11-13,15H,5-10,14H2,1-2H3,(H,32,36)(H,30,31,35). The van der Waals surface area contributed by atoms with Crippen molar-refractivity contribution in [1.82, 2.24) is 14.8 Å². The van der Waals surface area contributed by atoms with Crippen molar-refractivity contribution in [2.24, 2.45) is 0 Å². The van der Waals surface area contributed by atoms with Gasteiger partial charge in [-0.05, 0) is 36.2 Å². The Balaban J connectivity index is 1.59. The number of nitrogens with zero attached hydrogens (tertiary/aromatic N) is 3. The minimum Gasteiger partial charge on any atom is -0.489 e. The van der Waals surface area contributed by atoms with E-state index in [2.05, 4.69) is 32.5 Å². The Morgan fingerprint density at radius 3 is 2.49 bits per heavy atom. The van der Waals surface area contributed by atoms with E-state index in [0.29, 0.717) is 28.1 Å². The Labute approximate surface area is 245 Å². The van der Waals surface area contributed by atoms with E-state index in [1.807, 2.05) is 5.38 Å². The normalized spacial score (nSPS) is 14.3. The summed E-state index contributed by atoms with van der Waals surface area (Å²) in [6, 6.07) is 6.13. The number of hydrogen-bond acceptors (Lipinski definition) is 8. The van der Waals surface area contributed by atoms with Gasteiger partial charge in [0.25, 0.3) is 11.8 Å². The fraction of sp³-hybridized carbons (Fsp3) is 0.346. The number of piperazine rings is 1. The first-order chi connectivity index (χ1) is 18.7. The number of amides is 2. The predicted molar refractivity (Wildman–Crippen MR) is 156 cm³/mol. The lowest BCUT2D eigenvalue weighted by Gasteiger charge is -2.32. The van der Waals surface area contributed by atoms with Gasteiger partial charge < -0.3 is 25.0 Å². The lowest BCUT2D eigenvalue weighted by atomic mass is 10.1. The van der Waals surface area contributed by atoms with E-state index in [4.69, 9.17) is 44.3 Å². The number of anilines is 2. The van der Waals surface area contributed by atoms with Crippen LogP contribution >= 0.6 is 46.1 Å². The maximum Gasteiger partial charge on any atom is 0.267 e. The molecule has 2 aromatic heterocycles. The maximum atomic E-state index is 13.4. The van der Waals surface area contributed by atoms with Crippen molar-refractivity contribution in [3.8, 4) is 5.75 Å². The molecule has 4 rings (SSSR count). The molecular weight excluding hydrogens is 585 g/mol. The average molecular weight is 613 g/mol. The van der Waals surface area contributed by atoms with Gasteiger partial charge in [-0.25, -0.2) is 4.98 Å². The molecule has 3 heterocycles. The molecular formula is C26H28Cl3N5O4S. The van der Waals surface area contributed by atoms with E-state index in [1.165, 1.54) is 29.7 Å². The molecule has 1 fully saturated rings. The zero-order valence-corrected chi connectivity index (χ0v) is 24.5. The number of carbonyl (C=O) groups excluding carboxylic acids is 2. The van der Waals surface area contributed by atoms with Crippen molar-refractivity contribution in [2.75, 3.05) is 64.2 Å². The zero-order chi connectivity index (χ0) is 27.9. The van der Waals surface area contributed by atoms with E-state index in [9.17, 15) is 9.59 Å². The Morgan fingerprint density at radius 2 is 1.79 bits per heavy atom. The molecule has 1 saturated heterocycles. The third-order valence-corrected chi connectivity index (χ3v) is 8.07. The number of rotatable bonds is 10. The van der Waals surface area contributed by atoms with Crippen molar-refractivity contribution in [2.45, 2.75) is 6.54 Å². The second-order valence-corrected chi connectivity index (χ2v) is 11.1. The molecule has 13 heteroatoms. The van der Waals surface area contributed by atoms with Gasteiger partial charge in [0.05, 0.1) is 27.9 Å². The summed E-state index contributed by atoms with van der Waals surface area (Å²) in [5.74, 6) is -0.523. The van der Waals surface area contributed by atoms with Crippen molar-refractivity contribution in [3.05, 3.63) is 66.9 Å². The summed E-state index contributed by atoms with van der Waals surface area (Å²) in [5, 5.41) is 8.49. The Hall–Kier alpha value is -2.44. The molecule has 1 aromatic carbocycles. The molecule has 0 atom stereocenters.